The van der Waals surface area contributed by atoms with Gasteiger partial charge in [0.05, 0.1) is 17.4 Å². The number of aryl methyl sites for hydroxylation is 1. The Kier molecular flexibility index (Phi) is 3.50. The van der Waals surface area contributed by atoms with Gasteiger partial charge in [0.15, 0.2) is 11.8 Å². The number of hydrogen-bond acceptors (Lipinski definition) is 3. The van der Waals surface area contributed by atoms with Crippen LogP contribution in [0, 0.1) is 6.92 Å². The number of hydrogen-bond donors (Lipinski definition) is 1. The number of imidazole rings is 1. The molecule has 26 heavy (non-hydrogen) atoms. The Balaban J connectivity index is 2.06. The van der Waals surface area contributed by atoms with E-state index in [-0.39, 0.29) is 17.0 Å². The average Bonchev–Trinajstić information content (AvgIpc) is 3.17. The van der Waals surface area contributed by atoms with E-state index in [4.69, 9.17) is 0 Å². The van der Waals surface area contributed by atoms with Gasteiger partial charge in [0.25, 0.3) is 0 Å². The maximum atomic E-state index is 14.2. The molecule has 3 heterocycles. The fourth-order valence-corrected chi connectivity index (χ4v) is 3.00. The smallest absolute Gasteiger partial charge is 0.278 e. The summed E-state index contributed by atoms with van der Waals surface area (Å²) >= 11 is 0. The van der Waals surface area contributed by atoms with Gasteiger partial charge in [-0.3, -0.25) is 9.67 Å². The number of pyridine rings is 1. The third-order valence-electron chi connectivity index (χ3n) is 4.17. The van der Waals surface area contributed by atoms with Gasteiger partial charge >= 0.3 is 6.18 Å². The van der Waals surface area contributed by atoms with Gasteiger partial charge in [0.2, 0.25) is 0 Å². The van der Waals surface area contributed by atoms with Crippen molar-refractivity contribution >= 4 is 22.1 Å². The third kappa shape index (κ3) is 2.51. The second-order valence-corrected chi connectivity index (χ2v) is 6.06. The van der Waals surface area contributed by atoms with E-state index in [2.05, 4.69) is 20.2 Å². The molecule has 0 aliphatic carbocycles. The molecular weight excluding hydrogens is 350 g/mol. The first-order valence-corrected chi connectivity index (χ1v) is 7.80. The van der Waals surface area contributed by atoms with Crippen LogP contribution >= 0.6 is 0 Å². The molecule has 1 aromatic carbocycles. The van der Waals surface area contributed by atoms with Crippen LogP contribution in [0.5, 0.6) is 0 Å². The van der Waals surface area contributed by atoms with Crippen LogP contribution in [0.1, 0.15) is 30.2 Å². The van der Waals surface area contributed by atoms with Crippen LogP contribution in [-0.4, -0.2) is 24.7 Å². The van der Waals surface area contributed by atoms with Crippen molar-refractivity contribution in [2.45, 2.75) is 26.2 Å². The van der Waals surface area contributed by atoms with Crippen molar-refractivity contribution in [3.8, 4) is 5.69 Å². The standard InChI is InChI=1S/C17H13F4N5/c1-8-5-11(6-10-7-22-25-14(8)10)26-15(9(2)18)23-12-3-4-13(17(19,20)21)24-16(12)26/h3-7,9H,1-2H3,(H,22,25)/t9-/m0/s1. The Labute approximate surface area is 144 Å². The van der Waals surface area contributed by atoms with E-state index < -0.39 is 18.0 Å². The predicted octanol–water partition coefficient (Wildman–Crippen LogP) is 4.65. The fourth-order valence-electron chi connectivity index (χ4n) is 3.00. The number of aromatic amines is 1. The molecule has 1 atom stereocenters. The summed E-state index contributed by atoms with van der Waals surface area (Å²) < 4.78 is 54.7. The lowest BCUT2D eigenvalue weighted by Crippen LogP contribution is -2.09. The van der Waals surface area contributed by atoms with Gasteiger partial charge in [-0.25, -0.2) is 14.4 Å². The van der Waals surface area contributed by atoms with E-state index in [1.165, 1.54) is 17.6 Å². The van der Waals surface area contributed by atoms with Crippen molar-refractivity contribution in [3.63, 3.8) is 0 Å². The molecule has 134 valence electrons. The zero-order valence-corrected chi connectivity index (χ0v) is 13.8. The Morgan fingerprint density at radius 1 is 1.15 bits per heavy atom. The van der Waals surface area contributed by atoms with E-state index in [1.54, 1.807) is 18.3 Å². The molecule has 0 bridgehead atoms. The highest BCUT2D eigenvalue weighted by molar-refractivity contribution is 5.85. The number of H-pyrrole nitrogens is 1. The van der Waals surface area contributed by atoms with E-state index >= 15 is 0 Å². The molecule has 4 aromatic rings. The van der Waals surface area contributed by atoms with Gasteiger partial charge in [-0.2, -0.15) is 18.3 Å². The molecule has 0 fully saturated rings. The molecule has 0 spiro atoms. The number of aromatic nitrogens is 5. The molecule has 0 saturated carbocycles. The third-order valence-corrected chi connectivity index (χ3v) is 4.17. The lowest BCUT2D eigenvalue weighted by molar-refractivity contribution is -0.141. The van der Waals surface area contributed by atoms with Crippen molar-refractivity contribution in [2.24, 2.45) is 0 Å². The van der Waals surface area contributed by atoms with Crippen molar-refractivity contribution in [2.75, 3.05) is 0 Å². The second-order valence-electron chi connectivity index (χ2n) is 6.06. The normalized spacial score (nSPS) is 13.6. The number of benzene rings is 1. The molecule has 0 radical (unpaired) electrons. The van der Waals surface area contributed by atoms with Gasteiger partial charge < -0.3 is 0 Å². The van der Waals surface area contributed by atoms with E-state index in [0.29, 0.717) is 5.69 Å². The number of fused-ring (bicyclic) bond motifs is 2. The number of nitrogens with zero attached hydrogens (tertiary/aromatic N) is 4. The number of alkyl halides is 4. The maximum absolute atomic E-state index is 14.2. The van der Waals surface area contributed by atoms with Gasteiger partial charge in [0, 0.05) is 5.39 Å². The van der Waals surface area contributed by atoms with Gasteiger partial charge in [-0.15, -0.1) is 0 Å². The lowest BCUT2D eigenvalue weighted by atomic mass is 10.1. The number of rotatable bonds is 2. The van der Waals surface area contributed by atoms with Crippen molar-refractivity contribution in [3.05, 3.63) is 47.5 Å². The largest absolute Gasteiger partial charge is 0.433 e. The van der Waals surface area contributed by atoms with Crippen LogP contribution in [0.4, 0.5) is 17.6 Å². The summed E-state index contributed by atoms with van der Waals surface area (Å²) in [5.41, 5.74) is 1.21. The van der Waals surface area contributed by atoms with Crippen molar-refractivity contribution < 1.29 is 17.6 Å². The lowest BCUT2D eigenvalue weighted by Gasteiger charge is -2.12. The van der Waals surface area contributed by atoms with Gasteiger partial charge in [-0.1, -0.05) is 0 Å². The molecule has 0 aliphatic rings. The summed E-state index contributed by atoms with van der Waals surface area (Å²) in [7, 11) is 0. The van der Waals surface area contributed by atoms with Crippen molar-refractivity contribution in [1.82, 2.24) is 24.7 Å². The quantitative estimate of drug-likeness (QED) is 0.527. The molecule has 0 unspecified atom stereocenters. The Bertz CT molecular complexity index is 1120. The predicted molar refractivity (Wildman–Crippen MR) is 87.8 cm³/mol. The highest BCUT2D eigenvalue weighted by atomic mass is 19.4. The van der Waals surface area contributed by atoms with Gasteiger partial charge in [0.1, 0.15) is 17.0 Å². The van der Waals surface area contributed by atoms with E-state index in [0.717, 1.165) is 22.5 Å². The number of halogens is 4. The SMILES string of the molecule is Cc1cc(-n2c([C@H](C)F)nc3ccc(C(F)(F)F)nc32)cc2cn[nH]c12. The molecule has 9 heteroatoms. The van der Waals surface area contributed by atoms with Crippen LogP contribution in [-0.2, 0) is 6.18 Å². The zero-order chi connectivity index (χ0) is 18.6. The summed E-state index contributed by atoms with van der Waals surface area (Å²) in [6, 6.07) is 5.49. The Hall–Kier alpha value is -2.97. The molecular formula is C17H13F4N5. The van der Waals surface area contributed by atoms with Crippen LogP contribution in [0.25, 0.3) is 27.8 Å². The molecule has 5 nitrogen and oxygen atoms in total. The summed E-state index contributed by atoms with van der Waals surface area (Å²) in [6.07, 6.45) is -4.49. The molecule has 4 rings (SSSR count). The highest BCUT2D eigenvalue weighted by Gasteiger charge is 2.33. The summed E-state index contributed by atoms with van der Waals surface area (Å²) in [5.74, 6) is -0.00549. The fraction of sp³-hybridized carbons (Fsp3) is 0.235. The minimum atomic E-state index is -4.60. The molecule has 3 aromatic heterocycles. The average molecular weight is 363 g/mol. The number of nitrogens with one attached hydrogen (secondary N) is 1. The first-order chi connectivity index (χ1) is 12.3. The summed E-state index contributed by atoms with van der Waals surface area (Å²) in [5, 5.41) is 7.57. The van der Waals surface area contributed by atoms with Gasteiger partial charge in [-0.05, 0) is 43.7 Å². The van der Waals surface area contributed by atoms with Crippen LogP contribution in [0.3, 0.4) is 0 Å². The van der Waals surface area contributed by atoms with E-state index in [9.17, 15) is 17.6 Å². The minimum absolute atomic E-state index is 0.00549. The van der Waals surface area contributed by atoms with Crippen LogP contribution in [0.2, 0.25) is 0 Å². The maximum Gasteiger partial charge on any atom is 0.433 e. The molecule has 1 N–H and O–H groups in total. The molecule has 0 aliphatic heterocycles. The first-order valence-electron chi connectivity index (χ1n) is 7.80. The Morgan fingerprint density at radius 2 is 1.92 bits per heavy atom. The summed E-state index contributed by atoms with van der Waals surface area (Å²) in [6.45, 7) is 3.11. The first kappa shape index (κ1) is 16.5. The monoisotopic (exact) mass is 363 g/mol. The zero-order valence-electron chi connectivity index (χ0n) is 13.8. The molecule has 0 amide bonds. The summed E-state index contributed by atoms with van der Waals surface area (Å²) in [4.78, 5) is 7.85. The highest BCUT2D eigenvalue weighted by Crippen LogP contribution is 2.32. The topological polar surface area (TPSA) is 59.4 Å². The van der Waals surface area contributed by atoms with Crippen LogP contribution < -0.4 is 0 Å². The van der Waals surface area contributed by atoms with E-state index in [1.807, 2.05) is 6.92 Å². The second kappa shape index (κ2) is 5.52. The Morgan fingerprint density at radius 3 is 2.62 bits per heavy atom. The molecule has 0 saturated heterocycles. The minimum Gasteiger partial charge on any atom is -0.278 e. The van der Waals surface area contributed by atoms with Crippen LogP contribution in [0.15, 0.2) is 30.5 Å². The van der Waals surface area contributed by atoms with Crippen molar-refractivity contribution in [1.29, 1.82) is 0 Å².